The van der Waals surface area contributed by atoms with Crippen molar-refractivity contribution in [3.63, 3.8) is 0 Å². The lowest BCUT2D eigenvalue weighted by molar-refractivity contribution is -0.274. The van der Waals surface area contributed by atoms with Crippen LogP contribution < -0.4 is 10.1 Å². The number of cyclic esters (lactones) is 1. The van der Waals surface area contributed by atoms with Gasteiger partial charge >= 0.3 is 12.3 Å². The Morgan fingerprint density at radius 2 is 1.61 bits per heavy atom. The second-order valence-electron chi connectivity index (χ2n) is 21.7. The quantitative estimate of drug-likeness (QED) is 0.110. The first kappa shape index (κ1) is 60.5. The SMILES string of the molecule is CO[C@@H]1C[C@@H](C[C@@H](C)[C@@H]2CC[C@H](C)/C=C(\C)[C@@H](O)[C@@H](OC)C(=O)[C@H](C)C[C@H](C)/C=C/C=C/C=C(\C)[C@H](Nc3cccc(OC(F)(F)F)c3)C[C@@H]3CC[C@@H](C)[C@@](O)(O3)C(=O)C(=O)N3CCCC[C@H]3C(=O)O2)CC[C@H]1O. The van der Waals surface area contributed by atoms with Crippen molar-refractivity contribution in [2.45, 2.75) is 193 Å². The first-order valence-corrected chi connectivity index (χ1v) is 26.7. The van der Waals surface area contributed by atoms with E-state index in [1.54, 1.807) is 33.1 Å². The molecule has 2 bridgehead atoms. The molecule has 5 rings (SSSR count). The molecule has 17 heteroatoms. The van der Waals surface area contributed by atoms with E-state index in [0.29, 0.717) is 75.5 Å². The third-order valence-electron chi connectivity index (χ3n) is 15.7. The first-order chi connectivity index (χ1) is 34.9. The fourth-order valence-corrected chi connectivity index (χ4v) is 11.2. The number of hydrogen-bond donors (Lipinski definition) is 4. The highest BCUT2D eigenvalue weighted by molar-refractivity contribution is 6.39. The van der Waals surface area contributed by atoms with E-state index in [-0.39, 0.29) is 54.9 Å². The van der Waals surface area contributed by atoms with Gasteiger partial charge in [0.2, 0.25) is 5.79 Å². The number of aliphatic hydroxyl groups excluding tert-OH is 2. The molecule has 1 amide bonds. The number of methoxy groups -OCH3 is 2. The first-order valence-electron chi connectivity index (χ1n) is 26.7. The van der Waals surface area contributed by atoms with Gasteiger partial charge in [0.05, 0.1) is 18.3 Å². The van der Waals surface area contributed by atoms with Crippen LogP contribution in [0, 0.1) is 35.5 Å². The van der Waals surface area contributed by atoms with Crippen LogP contribution in [0.5, 0.6) is 5.75 Å². The summed E-state index contributed by atoms with van der Waals surface area (Å²) < 4.78 is 67.8. The number of nitrogens with one attached hydrogen (secondary N) is 1. The molecule has 3 aliphatic heterocycles. The molecular weight excluding hydrogens is 962 g/mol. The third kappa shape index (κ3) is 16.8. The predicted octanol–water partition coefficient (Wildman–Crippen LogP) is 9.37. The van der Waals surface area contributed by atoms with Crippen LogP contribution in [0.15, 0.2) is 71.9 Å². The summed E-state index contributed by atoms with van der Waals surface area (Å²) in [6, 6.07) is 3.67. The van der Waals surface area contributed by atoms with Crippen molar-refractivity contribution >= 4 is 29.1 Å². The number of ether oxygens (including phenoxy) is 5. The van der Waals surface area contributed by atoms with Crippen molar-refractivity contribution in [2.24, 2.45) is 35.5 Å². The van der Waals surface area contributed by atoms with Gasteiger partial charge in [0.1, 0.15) is 30.1 Å². The Balaban J connectivity index is 1.49. The fraction of sp³-hybridized carbons (Fsp3) is 0.684. The van der Waals surface area contributed by atoms with E-state index in [9.17, 15) is 47.7 Å². The van der Waals surface area contributed by atoms with Crippen LogP contribution in [-0.2, 0) is 38.1 Å². The molecule has 4 N–H and O–H groups in total. The molecule has 0 unspecified atom stereocenters. The summed E-state index contributed by atoms with van der Waals surface area (Å²) in [6.07, 6.45) is 7.87. The van der Waals surface area contributed by atoms with E-state index >= 15 is 0 Å². The molecule has 14 nitrogen and oxygen atoms in total. The summed E-state index contributed by atoms with van der Waals surface area (Å²) in [7, 11) is 2.99. The van der Waals surface area contributed by atoms with Crippen LogP contribution >= 0.6 is 0 Å². The maximum Gasteiger partial charge on any atom is 0.573 e. The number of fused-ring (bicyclic) bond motifs is 3. The van der Waals surface area contributed by atoms with E-state index in [1.165, 1.54) is 30.2 Å². The Labute approximate surface area is 436 Å². The van der Waals surface area contributed by atoms with E-state index in [4.69, 9.17) is 18.9 Å². The lowest BCUT2D eigenvalue weighted by atomic mass is 9.78. The zero-order valence-electron chi connectivity index (χ0n) is 44.9. The van der Waals surface area contributed by atoms with E-state index < -0.39 is 90.0 Å². The van der Waals surface area contributed by atoms with E-state index in [2.05, 4.69) is 10.1 Å². The maximum absolute atomic E-state index is 14.5. The molecule has 414 valence electrons. The molecule has 3 heterocycles. The zero-order chi connectivity index (χ0) is 54.5. The average molecular weight is 1050 g/mol. The number of benzene rings is 1. The van der Waals surface area contributed by atoms with Gasteiger partial charge in [0, 0.05) is 50.4 Å². The number of carbonyl (C=O) groups excluding carboxylic acids is 4. The number of aliphatic hydroxyl groups is 3. The number of anilines is 1. The lowest BCUT2D eigenvalue weighted by Crippen LogP contribution is -2.61. The summed E-state index contributed by atoms with van der Waals surface area (Å²) in [4.78, 5) is 58.5. The topological polar surface area (TPSA) is 190 Å². The van der Waals surface area contributed by atoms with Gasteiger partial charge in [-0.05, 0) is 139 Å². The highest BCUT2D eigenvalue weighted by atomic mass is 19.4. The summed E-state index contributed by atoms with van der Waals surface area (Å²) in [6.45, 7) is 13.1. The number of allylic oxidation sites excluding steroid dienone is 6. The molecule has 15 atom stereocenters. The molecular formula is C57H83F3N2O12. The number of Topliss-reactive ketones (excluding diaryl/α,β-unsaturated/α-hetero) is 2. The molecule has 1 saturated carbocycles. The van der Waals surface area contributed by atoms with Crippen molar-refractivity contribution in [3.8, 4) is 5.75 Å². The van der Waals surface area contributed by atoms with Gasteiger partial charge in [-0.1, -0.05) is 82.7 Å². The van der Waals surface area contributed by atoms with Gasteiger partial charge in [-0.25, -0.2) is 4.79 Å². The molecule has 1 aromatic rings. The number of ketones is 2. The number of carbonyl (C=O) groups is 4. The lowest BCUT2D eigenvalue weighted by Gasteiger charge is -2.43. The zero-order valence-corrected chi connectivity index (χ0v) is 44.9. The molecule has 0 aromatic heterocycles. The second-order valence-corrected chi connectivity index (χ2v) is 21.7. The highest BCUT2D eigenvalue weighted by Crippen LogP contribution is 2.38. The Hall–Kier alpha value is -4.39. The van der Waals surface area contributed by atoms with Crippen LogP contribution in [0.3, 0.4) is 0 Å². The van der Waals surface area contributed by atoms with Gasteiger partial charge < -0.3 is 49.2 Å². The Bertz CT molecular complexity index is 2160. The normalized spacial score (nSPS) is 37.0. The number of halogens is 3. The van der Waals surface area contributed by atoms with Gasteiger partial charge in [-0.3, -0.25) is 14.4 Å². The Morgan fingerprint density at radius 1 is 0.865 bits per heavy atom. The number of amides is 1. The van der Waals surface area contributed by atoms with Crippen LogP contribution in [-0.4, -0.2) is 125 Å². The van der Waals surface area contributed by atoms with E-state index in [0.717, 1.165) is 12.0 Å². The van der Waals surface area contributed by atoms with Crippen molar-refractivity contribution in [1.29, 1.82) is 0 Å². The average Bonchev–Trinajstić information content (AvgIpc) is 3.35. The van der Waals surface area contributed by atoms with Gasteiger partial charge in [-0.15, -0.1) is 13.2 Å². The minimum absolute atomic E-state index is 0.0397. The summed E-state index contributed by atoms with van der Waals surface area (Å²) in [5.74, 6) is -7.53. The Morgan fingerprint density at radius 3 is 2.31 bits per heavy atom. The predicted molar refractivity (Wildman–Crippen MR) is 274 cm³/mol. The molecule has 1 aromatic carbocycles. The smallest absolute Gasteiger partial charge is 0.461 e. The fourth-order valence-electron chi connectivity index (χ4n) is 11.2. The molecule has 4 aliphatic rings. The summed E-state index contributed by atoms with van der Waals surface area (Å²) in [5, 5.41) is 37.5. The minimum atomic E-state index is -4.92. The molecule has 3 fully saturated rings. The standard InChI is InChI=1S/C57H83F3N2O12/c1-34-16-11-10-12-17-36(3)45(61-42-18-15-19-43(32-42)74-57(58,59)60)33-44-24-22-40(7)56(69,73-44)53(66)54(67)62-27-14-13-20-46(62)55(68)72-48(37(4)30-41-23-25-47(63)49(31-41)70-8)26-21-35(2)29-39(6)51(65)52(71-9)50(64)38(5)28-34/h10-12,15-19,29,32,34-35,37-38,40-41,44-49,51-52,61,63,65,69H,13-14,20-28,30-31,33H2,1-9H3/b12-10+,16-11+,36-17+,39-29+/t34-,35+,37-,38-,40-,41-,44+,45-,46+,47-,48+,49-,51-,52+,56-/m1/s1. The number of nitrogens with zero attached hydrogens (tertiary/aromatic N) is 1. The maximum atomic E-state index is 14.5. The van der Waals surface area contributed by atoms with Gasteiger partial charge in [-0.2, -0.15) is 0 Å². The highest BCUT2D eigenvalue weighted by Gasteiger charge is 2.53. The minimum Gasteiger partial charge on any atom is -0.461 e. The summed E-state index contributed by atoms with van der Waals surface area (Å²) >= 11 is 0. The van der Waals surface area contributed by atoms with E-state index in [1.807, 2.05) is 65.0 Å². The van der Waals surface area contributed by atoms with Crippen molar-refractivity contribution in [1.82, 2.24) is 4.90 Å². The van der Waals surface area contributed by atoms with Crippen LogP contribution in [0.2, 0.25) is 0 Å². The Kier molecular flexibility index (Phi) is 22.6. The molecule has 0 spiro atoms. The van der Waals surface area contributed by atoms with Crippen LogP contribution in [0.1, 0.15) is 132 Å². The van der Waals surface area contributed by atoms with Gasteiger partial charge in [0.15, 0.2) is 5.78 Å². The number of piperidine rings is 1. The van der Waals surface area contributed by atoms with Crippen molar-refractivity contribution < 1.29 is 71.4 Å². The number of hydrogen-bond acceptors (Lipinski definition) is 13. The summed E-state index contributed by atoms with van der Waals surface area (Å²) in [5.41, 5.74) is 1.59. The van der Waals surface area contributed by atoms with Crippen LogP contribution in [0.4, 0.5) is 18.9 Å². The van der Waals surface area contributed by atoms with Gasteiger partial charge in [0.25, 0.3) is 11.7 Å². The second kappa shape index (κ2) is 27.6. The molecule has 74 heavy (non-hydrogen) atoms. The molecule has 2 saturated heterocycles. The molecule has 1 aliphatic carbocycles. The molecule has 0 radical (unpaired) electrons. The largest absolute Gasteiger partial charge is 0.573 e. The van der Waals surface area contributed by atoms with Crippen molar-refractivity contribution in [3.05, 3.63) is 71.9 Å². The number of rotatable bonds is 8. The number of esters is 1. The van der Waals surface area contributed by atoms with Crippen molar-refractivity contribution in [2.75, 3.05) is 26.1 Å². The van der Waals surface area contributed by atoms with Crippen LogP contribution in [0.25, 0.3) is 0 Å². The monoisotopic (exact) mass is 1040 g/mol. The number of alkyl halides is 3. The third-order valence-corrected chi connectivity index (χ3v) is 15.7.